The second-order valence-corrected chi connectivity index (χ2v) is 4.71. The molecule has 0 aromatic heterocycles. The molecule has 1 aliphatic rings. The SMILES string of the molecule is CS(=O)(=O)OOC(=O)N1CCCCC1. The first-order chi connectivity index (χ1) is 6.49. The lowest BCUT2D eigenvalue weighted by Crippen LogP contribution is -2.36. The van der Waals surface area contributed by atoms with Crippen LogP contribution in [0, 0.1) is 0 Å². The molecule has 1 heterocycles. The molecular weight excluding hydrogens is 210 g/mol. The zero-order chi connectivity index (χ0) is 10.6. The molecule has 1 amide bonds. The van der Waals surface area contributed by atoms with Gasteiger partial charge in [0.25, 0.3) is 10.1 Å². The highest BCUT2D eigenvalue weighted by atomic mass is 32.2. The lowest BCUT2D eigenvalue weighted by Gasteiger charge is -2.24. The van der Waals surface area contributed by atoms with E-state index in [4.69, 9.17) is 0 Å². The summed E-state index contributed by atoms with van der Waals surface area (Å²) in [7, 11) is -3.73. The van der Waals surface area contributed by atoms with Crippen molar-refractivity contribution >= 4 is 16.2 Å². The fraction of sp³-hybridized carbons (Fsp3) is 0.857. The van der Waals surface area contributed by atoms with Crippen LogP contribution in [-0.2, 0) is 19.3 Å². The standard InChI is InChI=1S/C7H13NO5S/c1-14(10,11)13-12-7(9)8-5-3-2-4-6-8/h2-6H2,1H3. The average molecular weight is 223 g/mol. The summed E-state index contributed by atoms with van der Waals surface area (Å²) < 4.78 is 24.9. The van der Waals surface area contributed by atoms with Gasteiger partial charge in [-0.05, 0) is 19.3 Å². The van der Waals surface area contributed by atoms with Crippen molar-refractivity contribution in [1.82, 2.24) is 4.90 Å². The van der Waals surface area contributed by atoms with E-state index < -0.39 is 16.2 Å². The molecule has 0 bridgehead atoms. The minimum atomic E-state index is -3.73. The van der Waals surface area contributed by atoms with Crippen molar-refractivity contribution in [2.75, 3.05) is 19.3 Å². The third-order valence-electron chi connectivity index (χ3n) is 1.84. The molecule has 6 nitrogen and oxygen atoms in total. The van der Waals surface area contributed by atoms with Gasteiger partial charge in [-0.15, -0.1) is 0 Å². The highest BCUT2D eigenvalue weighted by molar-refractivity contribution is 7.85. The number of piperidine rings is 1. The van der Waals surface area contributed by atoms with Gasteiger partial charge in [0.1, 0.15) is 0 Å². The number of rotatable bonds is 2. The highest BCUT2D eigenvalue weighted by Gasteiger charge is 2.20. The molecule has 7 heteroatoms. The van der Waals surface area contributed by atoms with Gasteiger partial charge in [-0.1, -0.05) is 4.33 Å². The van der Waals surface area contributed by atoms with Crippen LogP contribution < -0.4 is 0 Å². The Morgan fingerprint density at radius 2 is 1.79 bits per heavy atom. The van der Waals surface area contributed by atoms with E-state index >= 15 is 0 Å². The Balaban J connectivity index is 2.34. The molecule has 1 aliphatic heterocycles. The molecule has 0 N–H and O–H groups in total. The number of hydrogen-bond acceptors (Lipinski definition) is 5. The molecule has 0 saturated carbocycles. The van der Waals surface area contributed by atoms with Crippen molar-refractivity contribution in [3.05, 3.63) is 0 Å². The Labute approximate surface area is 82.8 Å². The Morgan fingerprint density at radius 3 is 2.29 bits per heavy atom. The van der Waals surface area contributed by atoms with E-state index in [-0.39, 0.29) is 0 Å². The van der Waals surface area contributed by atoms with Gasteiger partial charge in [-0.2, -0.15) is 8.42 Å². The van der Waals surface area contributed by atoms with E-state index in [9.17, 15) is 13.2 Å². The van der Waals surface area contributed by atoms with Gasteiger partial charge in [0.05, 0.1) is 6.26 Å². The topological polar surface area (TPSA) is 72.9 Å². The number of hydrogen-bond donors (Lipinski definition) is 0. The second kappa shape index (κ2) is 4.61. The molecule has 1 rings (SSSR count). The Kier molecular flexibility index (Phi) is 3.70. The molecule has 82 valence electrons. The first kappa shape index (κ1) is 11.3. The van der Waals surface area contributed by atoms with E-state index in [2.05, 4.69) is 9.22 Å². The van der Waals surface area contributed by atoms with Crippen LogP contribution >= 0.6 is 0 Å². The van der Waals surface area contributed by atoms with Crippen molar-refractivity contribution in [3.8, 4) is 0 Å². The van der Waals surface area contributed by atoms with Crippen molar-refractivity contribution in [3.63, 3.8) is 0 Å². The highest BCUT2D eigenvalue weighted by Crippen LogP contribution is 2.10. The minimum absolute atomic E-state index is 0.589. The van der Waals surface area contributed by atoms with Crippen molar-refractivity contribution in [2.45, 2.75) is 19.3 Å². The summed E-state index contributed by atoms with van der Waals surface area (Å²) in [6, 6.07) is 0. The number of likely N-dealkylation sites (tertiary alicyclic amines) is 1. The Morgan fingerprint density at radius 1 is 1.21 bits per heavy atom. The van der Waals surface area contributed by atoms with Gasteiger partial charge in [0.2, 0.25) is 0 Å². The third kappa shape index (κ3) is 3.93. The summed E-state index contributed by atoms with van der Waals surface area (Å²) in [6.45, 7) is 1.18. The van der Waals surface area contributed by atoms with Crippen molar-refractivity contribution in [1.29, 1.82) is 0 Å². The second-order valence-electron chi connectivity index (χ2n) is 3.17. The molecular formula is C7H13NO5S. The lowest BCUT2D eigenvalue weighted by molar-refractivity contribution is -0.148. The van der Waals surface area contributed by atoms with Crippen LogP contribution in [0.15, 0.2) is 0 Å². The van der Waals surface area contributed by atoms with Crippen molar-refractivity contribution in [2.24, 2.45) is 0 Å². The van der Waals surface area contributed by atoms with E-state index in [0.29, 0.717) is 13.1 Å². The van der Waals surface area contributed by atoms with E-state index in [1.54, 1.807) is 0 Å². The molecule has 0 unspecified atom stereocenters. The Hall–Kier alpha value is -0.820. The van der Waals surface area contributed by atoms with Crippen LogP contribution in [0.4, 0.5) is 4.79 Å². The van der Waals surface area contributed by atoms with Crippen molar-refractivity contribution < 1.29 is 22.4 Å². The third-order valence-corrected chi connectivity index (χ3v) is 2.16. The molecule has 1 saturated heterocycles. The zero-order valence-electron chi connectivity index (χ0n) is 7.93. The largest absolute Gasteiger partial charge is 0.442 e. The quantitative estimate of drug-likeness (QED) is 0.503. The van der Waals surface area contributed by atoms with Crippen LogP contribution in [0.25, 0.3) is 0 Å². The summed E-state index contributed by atoms with van der Waals surface area (Å²) in [6.07, 6.45) is 2.98. The maximum absolute atomic E-state index is 11.2. The van der Waals surface area contributed by atoms with E-state index in [1.165, 1.54) is 4.90 Å². The molecule has 0 spiro atoms. The van der Waals surface area contributed by atoms with E-state index in [0.717, 1.165) is 25.5 Å². The Bertz CT molecular complexity index is 293. The molecule has 0 atom stereocenters. The number of carbonyl (C=O) groups excluding carboxylic acids is 1. The molecule has 0 aliphatic carbocycles. The van der Waals surface area contributed by atoms with Crippen LogP contribution in [0.3, 0.4) is 0 Å². The monoisotopic (exact) mass is 223 g/mol. The first-order valence-corrected chi connectivity index (χ1v) is 6.16. The van der Waals surface area contributed by atoms with Crippen LogP contribution in [0.5, 0.6) is 0 Å². The van der Waals surface area contributed by atoms with Gasteiger partial charge in [0, 0.05) is 13.1 Å². The number of amides is 1. The van der Waals surface area contributed by atoms with Gasteiger partial charge >= 0.3 is 6.09 Å². The van der Waals surface area contributed by atoms with Crippen LogP contribution in [0.2, 0.25) is 0 Å². The summed E-state index contributed by atoms with van der Waals surface area (Å²) in [5.74, 6) is 0. The van der Waals surface area contributed by atoms with Gasteiger partial charge in [0.15, 0.2) is 0 Å². The summed E-state index contributed by atoms with van der Waals surface area (Å²) >= 11 is 0. The predicted molar refractivity (Wildman–Crippen MR) is 47.8 cm³/mol. The maximum Gasteiger partial charge on any atom is 0.442 e. The average Bonchev–Trinajstić information content (AvgIpc) is 2.14. The molecule has 0 aromatic rings. The van der Waals surface area contributed by atoms with Gasteiger partial charge < -0.3 is 4.90 Å². The fourth-order valence-electron chi connectivity index (χ4n) is 1.22. The number of carbonyl (C=O) groups is 1. The summed E-state index contributed by atoms with van der Waals surface area (Å²) in [4.78, 5) is 16.7. The molecule has 0 radical (unpaired) electrons. The maximum atomic E-state index is 11.2. The summed E-state index contributed by atoms with van der Waals surface area (Å²) in [5, 5.41) is 0. The number of nitrogens with zero attached hydrogens (tertiary/aromatic N) is 1. The normalized spacial score (nSPS) is 17.9. The molecule has 14 heavy (non-hydrogen) atoms. The van der Waals surface area contributed by atoms with Gasteiger partial charge in [-0.3, -0.25) is 4.89 Å². The smallest absolute Gasteiger partial charge is 0.306 e. The van der Waals surface area contributed by atoms with Gasteiger partial charge in [-0.25, -0.2) is 4.79 Å². The first-order valence-electron chi connectivity index (χ1n) is 4.34. The zero-order valence-corrected chi connectivity index (χ0v) is 8.75. The summed E-state index contributed by atoms with van der Waals surface area (Å²) in [5.41, 5.74) is 0. The minimum Gasteiger partial charge on any atom is -0.306 e. The lowest BCUT2D eigenvalue weighted by atomic mass is 10.1. The van der Waals surface area contributed by atoms with Crippen LogP contribution in [-0.4, -0.2) is 38.8 Å². The van der Waals surface area contributed by atoms with E-state index in [1.807, 2.05) is 0 Å². The molecule has 0 aromatic carbocycles. The van der Waals surface area contributed by atoms with Crippen LogP contribution in [0.1, 0.15) is 19.3 Å². The molecule has 1 fully saturated rings. The predicted octanol–water partition coefficient (Wildman–Crippen LogP) is 0.500. The fourth-order valence-corrected chi connectivity index (χ4v) is 1.40.